The molecule has 41 heavy (non-hydrogen) atoms. The van der Waals surface area contributed by atoms with E-state index in [1.165, 1.54) is 12.7 Å². The first-order valence-corrected chi connectivity index (χ1v) is 15.7. The molecule has 1 fully saturated rings. The lowest BCUT2D eigenvalue weighted by Crippen LogP contribution is -2.25. The Morgan fingerprint density at radius 3 is 2.32 bits per heavy atom. The molecule has 1 aliphatic carbocycles. The van der Waals surface area contributed by atoms with Crippen molar-refractivity contribution in [1.82, 2.24) is 0 Å². The highest BCUT2D eigenvalue weighted by atomic mass is 32.2. The van der Waals surface area contributed by atoms with Crippen molar-refractivity contribution in [2.45, 2.75) is 63.1 Å². The minimum absolute atomic E-state index is 0.000743. The summed E-state index contributed by atoms with van der Waals surface area (Å²) in [7, 11) is -2.43. The van der Waals surface area contributed by atoms with E-state index >= 15 is 0 Å². The highest BCUT2D eigenvalue weighted by Crippen LogP contribution is 2.38. The van der Waals surface area contributed by atoms with Crippen LogP contribution in [0.3, 0.4) is 0 Å². The minimum atomic E-state index is -3.83. The summed E-state index contributed by atoms with van der Waals surface area (Å²) >= 11 is 0. The van der Waals surface area contributed by atoms with Gasteiger partial charge in [0, 0.05) is 6.42 Å². The smallest absolute Gasteiger partial charge is 0.305 e. The molecule has 6 nitrogen and oxygen atoms in total. The van der Waals surface area contributed by atoms with Gasteiger partial charge in [-0.1, -0.05) is 84.4 Å². The van der Waals surface area contributed by atoms with Gasteiger partial charge < -0.3 is 9.47 Å². The number of benzene rings is 3. The number of rotatable bonds is 14. The van der Waals surface area contributed by atoms with Crippen LogP contribution in [0, 0.1) is 18.8 Å². The van der Waals surface area contributed by atoms with Gasteiger partial charge in [0.25, 0.3) is 10.1 Å². The maximum atomic E-state index is 12.8. The van der Waals surface area contributed by atoms with Gasteiger partial charge >= 0.3 is 5.97 Å². The fourth-order valence-electron chi connectivity index (χ4n) is 5.28. The van der Waals surface area contributed by atoms with Gasteiger partial charge in [0.2, 0.25) is 0 Å². The Hall–Kier alpha value is -3.26. The Morgan fingerprint density at radius 1 is 0.902 bits per heavy atom. The first-order chi connectivity index (χ1) is 19.9. The summed E-state index contributed by atoms with van der Waals surface area (Å²) in [6.45, 7) is 2.54. The molecule has 3 aromatic rings. The van der Waals surface area contributed by atoms with Crippen molar-refractivity contribution >= 4 is 16.1 Å². The topological polar surface area (TPSA) is 78.9 Å². The third-order valence-electron chi connectivity index (χ3n) is 7.73. The second-order valence-electron chi connectivity index (χ2n) is 10.6. The normalized spacial score (nSPS) is 19.0. The molecule has 3 aromatic carbocycles. The summed E-state index contributed by atoms with van der Waals surface area (Å²) in [5.74, 6) is -0.0180. The lowest BCUT2D eigenvalue weighted by Gasteiger charge is -2.24. The van der Waals surface area contributed by atoms with Crippen molar-refractivity contribution in [2.24, 2.45) is 11.8 Å². The Balaban J connectivity index is 1.37. The van der Waals surface area contributed by atoms with Crippen molar-refractivity contribution in [2.75, 3.05) is 13.7 Å². The molecular weight excluding hydrogens is 536 g/mol. The predicted molar refractivity (Wildman–Crippen MR) is 161 cm³/mol. The quantitative estimate of drug-likeness (QED) is 0.0869. The van der Waals surface area contributed by atoms with Crippen molar-refractivity contribution in [3.63, 3.8) is 0 Å². The molecule has 4 rings (SSSR count). The summed E-state index contributed by atoms with van der Waals surface area (Å²) in [6.07, 6.45) is 8.56. The number of hydrogen-bond acceptors (Lipinski definition) is 6. The molecule has 7 heteroatoms. The maximum absolute atomic E-state index is 12.8. The van der Waals surface area contributed by atoms with E-state index in [-0.39, 0.29) is 35.4 Å². The third kappa shape index (κ3) is 9.12. The van der Waals surface area contributed by atoms with Gasteiger partial charge in [-0.05, 0) is 79.7 Å². The van der Waals surface area contributed by atoms with Crippen molar-refractivity contribution < 1.29 is 26.9 Å². The summed E-state index contributed by atoms with van der Waals surface area (Å²) in [5.41, 5.74) is 4.44. The third-order valence-corrected chi connectivity index (χ3v) is 9.03. The number of ether oxygens (including phenoxy) is 2. The number of esters is 1. The maximum Gasteiger partial charge on any atom is 0.305 e. The Kier molecular flexibility index (Phi) is 11.3. The van der Waals surface area contributed by atoms with Gasteiger partial charge in [0.05, 0.1) is 31.3 Å². The van der Waals surface area contributed by atoms with E-state index in [9.17, 15) is 13.2 Å². The highest BCUT2D eigenvalue weighted by molar-refractivity contribution is 7.86. The monoisotopic (exact) mass is 576 g/mol. The molecule has 0 bridgehead atoms. The van der Waals surface area contributed by atoms with Crippen LogP contribution in [0.25, 0.3) is 11.1 Å². The zero-order valence-electron chi connectivity index (χ0n) is 23.9. The molecule has 0 saturated heterocycles. The van der Waals surface area contributed by atoms with E-state index < -0.39 is 10.1 Å². The van der Waals surface area contributed by atoms with E-state index in [2.05, 4.69) is 48.6 Å². The average molecular weight is 577 g/mol. The molecule has 0 heterocycles. The first kappa shape index (κ1) is 30.7. The standard InChI is InChI=1S/C34H40O6S/c1-26-14-21-31(22-15-26)41(36,37)40-25-30-20-23-33(32(30)12-8-3-4-9-13-34(35)38-2)39-24-27-16-18-29(19-17-27)28-10-6-5-7-11-28/h3,5-8,10-11,14-19,21-22,30,32-33H,4,9,12-13,20,23-25H2,1-2H3/b8-3-/t30-,32-,33+/m1/s1. The van der Waals surface area contributed by atoms with E-state index in [4.69, 9.17) is 13.7 Å². The number of hydrogen-bond donors (Lipinski definition) is 0. The molecule has 0 radical (unpaired) electrons. The lowest BCUT2D eigenvalue weighted by molar-refractivity contribution is -0.140. The fourth-order valence-corrected chi connectivity index (χ4v) is 6.24. The van der Waals surface area contributed by atoms with Crippen LogP contribution in [-0.4, -0.2) is 34.2 Å². The van der Waals surface area contributed by atoms with E-state index in [1.807, 2.05) is 25.1 Å². The van der Waals surface area contributed by atoms with Crippen LogP contribution in [0.1, 0.15) is 49.7 Å². The number of unbranched alkanes of at least 4 members (excludes halogenated alkanes) is 1. The molecule has 0 N–H and O–H groups in total. The van der Waals surface area contributed by atoms with Crippen LogP contribution >= 0.6 is 0 Å². The Morgan fingerprint density at radius 2 is 1.61 bits per heavy atom. The summed E-state index contributed by atoms with van der Waals surface area (Å²) in [5, 5.41) is 0. The molecule has 0 aliphatic heterocycles. The molecule has 0 amide bonds. The molecule has 1 saturated carbocycles. The lowest BCUT2D eigenvalue weighted by atomic mass is 9.91. The number of aryl methyl sites for hydroxylation is 1. The van der Waals surface area contributed by atoms with E-state index in [0.717, 1.165) is 48.8 Å². The molecule has 1 aliphatic rings. The van der Waals surface area contributed by atoms with Crippen LogP contribution in [0.2, 0.25) is 0 Å². The van der Waals surface area contributed by atoms with Gasteiger partial charge in [-0.15, -0.1) is 0 Å². The molecule has 218 valence electrons. The van der Waals surface area contributed by atoms with E-state index in [1.54, 1.807) is 24.3 Å². The summed E-state index contributed by atoms with van der Waals surface area (Å²) in [6, 6.07) is 25.4. The SMILES string of the molecule is COC(=O)CCC/C=C\C[C@@H]1[C@@H](COS(=O)(=O)c2ccc(C)cc2)CC[C@@H]1OCc1ccc(-c2ccccc2)cc1. The van der Waals surface area contributed by atoms with Crippen molar-refractivity contribution in [3.8, 4) is 11.1 Å². The Labute approximate surface area is 244 Å². The van der Waals surface area contributed by atoms with Gasteiger partial charge in [-0.2, -0.15) is 8.42 Å². The second-order valence-corrected chi connectivity index (χ2v) is 12.3. The van der Waals surface area contributed by atoms with Gasteiger partial charge in [-0.25, -0.2) is 0 Å². The van der Waals surface area contributed by atoms with Crippen LogP contribution in [0.5, 0.6) is 0 Å². The largest absolute Gasteiger partial charge is 0.469 e. The van der Waals surface area contributed by atoms with Gasteiger partial charge in [0.1, 0.15) is 0 Å². The molecule has 0 spiro atoms. The predicted octanol–water partition coefficient (Wildman–Crippen LogP) is 7.27. The number of methoxy groups -OCH3 is 1. The average Bonchev–Trinajstić information content (AvgIpc) is 3.39. The first-order valence-electron chi connectivity index (χ1n) is 14.3. The minimum Gasteiger partial charge on any atom is -0.469 e. The van der Waals surface area contributed by atoms with Gasteiger partial charge in [0.15, 0.2) is 0 Å². The molecule has 0 unspecified atom stereocenters. The molecule has 3 atom stereocenters. The van der Waals surface area contributed by atoms with Crippen molar-refractivity contribution in [1.29, 1.82) is 0 Å². The molecule has 0 aromatic heterocycles. The highest BCUT2D eigenvalue weighted by Gasteiger charge is 2.37. The summed E-state index contributed by atoms with van der Waals surface area (Å²) in [4.78, 5) is 11.5. The summed E-state index contributed by atoms with van der Waals surface area (Å²) < 4.78 is 42.4. The number of carbonyl (C=O) groups is 1. The fraction of sp³-hybridized carbons (Fsp3) is 0.382. The molecular formula is C34H40O6S. The van der Waals surface area contributed by atoms with Crippen LogP contribution in [0.4, 0.5) is 0 Å². The van der Waals surface area contributed by atoms with Crippen LogP contribution in [0.15, 0.2) is 95.9 Å². The Bertz CT molecular complexity index is 1360. The van der Waals surface area contributed by atoms with Crippen LogP contribution in [-0.2, 0) is 35.2 Å². The zero-order chi connectivity index (χ0) is 29.1. The van der Waals surface area contributed by atoms with Crippen molar-refractivity contribution in [3.05, 3.63) is 102 Å². The van der Waals surface area contributed by atoms with Crippen LogP contribution < -0.4 is 0 Å². The second kappa shape index (κ2) is 15.1. The van der Waals surface area contributed by atoms with Gasteiger partial charge in [-0.3, -0.25) is 8.98 Å². The number of carbonyl (C=O) groups excluding carboxylic acids is 1. The zero-order valence-corrected chi connectivity index (χ0v) is 24.7. The number of allylic oxidation sites excluding steroid dienone is 2. The van der Waals surface area contributed by atoms with E-state index in [0.29, 0.717) is 13.0 Å².